The Labute approximate surface area is 317 Å². The van der Waals surface area contributed by atoms with Gasteiger partial charge < -0.3 is 20.1 Å². The molecule has 4 aromatic carbocycles. The molecule has 2 amide bonds. The van der Waals surface area contributed by atoms with Crippen molar-refractivity contribution >= 4 is 74.0 Å². The summed E-state index contributed by atoms with van der Waals surface area (Å²) in [6.45, 7) is 6.68. The maximum Gasteiger partial charge on any atom is 0.296 e. The van der Waals surface area contributed by atoms with Crippen molar-refractivity contribution in [3.05, 3.63) is 112 Å². The lowest BCUT2D eigenvalue weighted by Gasteiger charge is -2.19. The van der Waals surface area contributed by atoms with Crippen LogP contribution in [0.25, 0.3) is 15.9 Å². The first kappa shape index (κ1) is 37.3. The molecule has 0 spiro atoms. The van der Waals surface area contributed by atoms with Crippen molar-refractivity contribution in [3.8, 4) is 17.2 Å². The number of hydrogen-bond acceptors (Lipinski definition) is 12. The average molecular weight is 770 g/mol. The lowest BCUT2D eigenvalue weighted by atomic mass is 9.87. The number of rotatable bonds is 14. The quantitative estimate of drug-likeness (QED) is 0.0625. The first-order valence-electron chi connectivity index (χ1n) is 16.3. The first-order chi connectivity index (χ1) is 25.5. The number of fused-ring (bicyclic) bond motifs is 1. The van der Waals surface area contributed by atoms with E-state index in [4.69, 9.17) is 9.47 Å². The zero-order chi connectivity index (χ0) is 37.5. The third-order valence-corrected chi connectivity index (χ3v) is 10.9. The molecule has 0 saturated carbocycles. The van der Waals surface area contributed by atoms with Gasteiger partial charge in [-0.1, -0.05) is 74.6 Å². The first-order valence-corrected chi connectivity index (χ1v) is 19.1. The van der Waals surface area contributed by atoms with Crippen LogP contribution in [0.3, 0.4) is 0 Å². The van der Waals surface area contributed by atoms with Crippen LogP contribution in [0.2, 0.25) is 0 Å². The minimum Gasteiger partial charge on any atom is -0.496 e. The highest BCUT2D eigenvalue weighted by atomic mass is 32.2. The van der Waals surface area contributed by atoms with Gasteiger partial charge in [-0.25, -0.2) is 4.98 Å². The van der Waals surface area contributed by atoms with Crippen molar-refractivity contribution in [2.24, 2.45) is 0 Å². The summed E-state index contributed by atoms with van der Waals surface area (Å²) in [7, 11) is 1.41. The fourth-order valence-corrected chi connectivity index (χ4v) is 7.78. The van der Waals surface area contributed by atoms with E-state index in [2.05, 4.69) is 58.7 Å². The van der Waals surface area contributed by atoms with Crippen molar-refractivity contribution in [2.75, 3.05) is 29.2 Å². The third-order valence-electron chi connectivity index (χ3n) is 7.79. The van der Waals surface area contributed by atoms with Gasteiger partial charge in [0.05, 0.1) is 39.8 Å². The maximum atomic E-state index is 13.1. The second-order valence-corrected chi connectivity index (χ2v) is 15.8. The number of nitrogens with one attached hydrogen (secondary N) is 2. The van der Waals surface area contributed by atoms with Gasteiger partial charge in [-0.05, 0) is 65.6 Å². The molecule has 2 N–H and O–H groups in total. The van der Waals surface area contributed by atoms with Crippen LogP contribution in [0.1, 0.15) is 32.2 Å². The fourth-order valence-electron chi connectivity index (χ4n) is 5.10. The van der Waals surface area contributed by atoms with E-state index in [1.807, 2.05) is 53.1 Å². The topological polar surface area (TPSA) is 163 Å². The van der Waals surface area contributed by atoms with Crippen LogP contribution in [0.5, 0.6) is 11.5 Å². The molecule has 0 atom stereocenters. The molecule has 0 aliphatic carbocycles. The van der Waals surface area contributed by atoms with Gasteiger partial charge in [0.15, 0.2) is 15.3 Å². The van der Waals surface area contributed by atoms with Gasteiger partial charge in [0.25, 0.3) is 5.69 Å². The number of thiazole rings is 1. The zero-order valence-electron chi connectivity index (χ0n) is 29.2. The lowest BCUT2D eigenvalue weighted by molar-refractivity contribution is -0.384. The number of nitro groups is 1. The van der Waals surface area contributed by atoms with E-state index < -0.39 is 10.8 Å². The van der Waals surface area contributed by atoms with Crippen LogP contribution in [-0.2, 0) is 21.6 Å². The van der Waals surface area contributed by atoms with Gasteiger partial charge in [-0.15, -0.1) is 21.5 Å². The van der Waals surface area contributed by atoms with E-state index >= 15 is 0 Å². The predicted octanol–water partition coefficient (Wildman–Crippen LogP) is 8.13. The molecule has 2 aromatic heterocycles. The monoisotopic (exact) mass is 769 g/mol. The van der Waals surface area contributed by atoms with Crippen LogP contribution < -0.4 is 20.1 Å². The molecule has 2 heterocycles. The smallest absolute Gasteiger partial charge is 0.296 e. The molecule has 0 radical (unpaired) electrons. The Balaban J connectivity index is 1.06. The normalized spacial score (nSPS) is 11.3. The molecule has 6 aromatic rings. The zero-order valence-corrected chi connectivity index (χ0v) is 31.6. The molecule has 0 aliphatic rings. The summed E-state index contributed by atoms with van der Waals surface area (Å²) < 4.78 is 14.5. The largest absolute Gasteiger partial charge is 0.496 e. The van der Waals surface area contributed by atoms with E-state index in [1.165, 1.54) is 65.7 Å². The Morgan fingerprint density at radius 3 is 2.32 bits per heavy atom. The molecule has 6 rings (SSSR count). The Bertz CT molecular complexity index is 2250. The summed E-state index contributed by atoms with van der Waals surface area (Å²) in [5.41, 5.74) is 3.24. The molecule has 16 heteroatoms. The van der Waals surface area contributed by atoms with Gasteiger partial charge in [-0.2, -0.15) is 0 Å². The highest BCUT2D eigenvalue weighted by Crippen LogP contribution is 2.33. The van der Waals surface area contributed by atoms with Gasteiger partial charge >= 0.3 is 0 Å². The van der Waals surface area contributed by atoms with Crippen LogP contribution >= 0.6 is 34.9 Å². The average Bonchev–Trinajstić information content (AvgIpc) is 3.76. The van der Waals surface area contributed by atoms with Crippen LogP contribution in [-0.4, -0.2) is 55.1 Å². The number of nitro benzene ring substituents is 1. The van der Waals surface area contributed by atoms with Crippen LogP contribution in [0, 0.1) is 10.1 Å². The fraction of sp³-hybridized carbons (Fsp3) is 0.216. The number of methoxy groups -OCH3 is 1. The second kappa shape index (κ2) is 16.5. The number of carbonyl (C=O) groups is 2. The Kier molecular flexibility index (Phi) is 11.6. The van der Waals surface area contributed by atoms with E-state index in [0.717, 1.165) is 16.1 Å². The number of benzene rings is 4. The van der Waals surface area contributed by atoms with Crippen molar-refractivity contribution in [2.45, 2.75) is 42.3 Å². The highest BCUT2D eigenvalue weighted by molar-refractivity contribution is 8.01. The molecule has 0 aliphatic heterocycles. The van der Waals surface area contributed by atoms with E-state index in [0.29, 0.717) is 32.3 Å². The standard InChI is InChI=1S/C37H35N7O6S3/c1-37(2,3)23-10-13-26(14-11-23)50-20-32-41-42-35(43(32)25-8-6-5-7-9-25)51-21-33(45)38-24-12-16-29-31(18-24)53-36(40-29)52-22-34(46)39-28-17-15-27(49-4)19-30(28)44(47)48/h5-19H,20-22H2,1-4H3,(H,38,45)(H,39,46). The number of anilines is 2. The molecule has 13 nitrogen and oxygen atoms in total. The summed E-state index contributed by atoms with van der Waals surface area (Å²) in [4.78, 5) is 41.2. The van der Waals surface area contributed by atoms with Crippen LogP contribution in [0.4, 0.5) is 17.1 Å². The molecule has 272 valence electrons. The number of ether oxygens (including phenoxy) is 2. The molecule has 0 saturated heterocycles. The summed E-state index contributed by atoms with van der Waals surface area (Å²) >= 11 is 3.85. The van der Waals surface area contributed by atoms with Crippen molar-refractivity contribution in [1.82, 2.24) is 19.7 Å². The number of carbonyl (C=O) groups excluding carboxylic acids is 2. The predicted molar refractivity (Wildman–Crippen MR) is 209 cm³/mol. The van der Waals surface area contributed by atoms with Crippen molar-refractivity contribution in [3.63, 3.8) is 0 Å². The van der Waals surface area contributed by atoms with Crippen LogP contribution in [0.15, 0.2) is 100 Å². The summed E-state index contributed by atoms with van der Waals surface area (Å²) in [6.07, 6.45) is 0. The van der Waals surface area contributed by atoms with Crippen molar-refractivity contribution in [1.29, 1.82) is 0 Å². The van der Waals surface area contributed by atoms with E-state index in [1.54, 1.807) is 12.1 Å². The lowest BCUT2D eigenvalue weighted by Crippen LogP contribution is -2.15. The number of thioether (sulfide) groups is 2. The third kappa shape index (κ3) is 9.51. The van der Waals surface area contributed by atoms with Gasteiger partial charge in [0.2, 0.25) is 11.8 Å². The minimum absolute atomic E-state index is 0.00416. The molecule has 0 bridgehead atoms. The summed E-state index contributed by atoms with van der Waals surface area (Å²) in [5.74, 6) is 1.08. The number of amides is 2. The number of para-hydroxylation sites is 1. The Hall–Kier alpha value is -5.45. The second-order valence-electron chi connectivity index (χ2n) is 12.6. The Morgan fingerprint density at radius 2 is 1.60 bits per heavy atom. The van der Waals surface area contributed by atoms with E-state index in [9.17, 15) is 19.7 Å². The number of nitrogens with zero attached hydrogens (tertiary/aromatic N) is 5. The number of hydrogen-bond donors (Lipinski definition) is 2. The minimum atomic E-state index is -0.578. The number of aromatic nitrogens is 4. The van der Waals surface area contributed by atoms with Crippen molar-refractivity contribution < 1.29 is 24.0 Å². The molecular weight excluding hydrogens is 735 g/mol. The van der Waals surface area contributed by atoms with E-state index in [-0.39, 0.29) is 40.8 Å². The highest BCUT2D eigenvalue weighted by Gasteiger charge is 2.20. The molecule has 0 unspecified atom stereocenters. The summed E-state index contributed by atoms with van der Waals surface area (Å²) in [5, 5.41) is 26.3. The van der Waals surface area contributed by atoms with Gasteiger partial charge in [0, 0.05) is 11.4 Å². The molecular formula is C37H35N7O6S3. The van der Waals surface area contributed by atoms with Gasteiger partial charge in [-0.3, -0.25) is 24.3 Å². The summed E-state index contributed by atoms with van der Waals surface area (Å²) in [6, 6.07) is 27.3. The Morgan fingerprint density at radius 1 is 0.887 bits per heavy atom. The molecule has 53 heavy (non-hydrogen) atoms. The maximum absolute atomic E-state index is 13.1. The molecule has 0 fully saturated rings. The van der Waals surface area contributed by atoms with Gasteiger partial charge in [0.1, 0.15) is 23.8 Å². The SMILES string of the molecule is COc1ccc(NC(=O)CSc2nc3ccc(NC(=O)CSc4nnc(COc5ccc(C(C)(C)C)cc5)n4-c4ccccc4)cc3s2)c([N+](=O)[O-])c1.